The molecule has 0 fully saturated rings. The summed E-state index contributed by atoms with van der Waals surface area (Å²) in [4.78, 5) is 14.2. The summed E-state index contributed by atoms with van der Waals surface area (Å²) in [5, 5.41) is 12.8. The lowest BCUT2D eigenvalue weighted by Crippen LogP contribution is -1.89. The van der Waals surface area contributed by atoms with Crippen LogP contribution < -0.4 is 0 Å². The molecule has 0 radical (unpaired) electrons. The van der Waals surface area contributed by atoms with E-state index in [1.807, 2.05) is 42.5 Å². The molecule has 4 nitrogen and oxygen atoms in total. The summed E-state index contributed by atoms with van der Waals surface area (Å²) in [6.45, 7) is 0. The van der Waals surface area contributed by atoms with Gasteiger partial charge in [-0.2, -0.15) is 0 Å². The van der Waals surface area contributed by atoms with Crippen LogP contribution in [0.4, 0.5) is 15.8 Å². The Bertz CT molecular complexity index is 885. The SMILES string of the molecule is O=[N+]([O-])c1ccc(F)c(N=Cc2cccc3ccccc23)c1. The fraction of sp³-hybridized carbons (Fsp3) is 0. The third-order valence-electron chi connectivity index (χ3n) is 3.31. The number of nitro groups is 1. The summed E-state index contributed by atoms with van der Waals surface area (Å²) in [6, 6.07) is 16.8. The smallest absolute Gasteiger partial charge is 0.258 e. The topological polar surface area (TPSA) is 55.5 Å². The molecule has 0 bridgehead atoms. The first-order chi connectivity index (χ1) is 10.6. The number of halogens is 1. The van der Waals surface area contributed by atoms with Gasteiger partial charge in [0, 0.05) is 23.9 Å². The lowest BCUT2D eigenvalue weighted by atomic mass is 10.1. The number of fused-ring (bicyclic) bond motifs is 1. The maximum Gasteiger partial charge on any atom is 0.271 e. The van der Waals surface area contributed by atoms with E-state index in [1.54, 1.807) is 0 Å². The number of hydrogen-bond acceptors (Lipinski definition) is 3. The Hall–Kier alpha value is -3.08. The minimum Gasteiger partial charge on any atom is -0.258 e. The van der Waals surface area contributed by atoms with Gasteiger partial charge in [0.2, 0.25) is 0 Å². The molecule has 0 saturated heterocycles. The summed E-state index contributed by atoms with van der Waals surface area (Å²) >= 11 is 0. The van der Waals surface area contributed by atoms with Crippen LogP contribution in [0.5, 0.6) is 0 Å². The number of rotatable bonds is 3. The fourth-order valence-electron chi connectivity index (χ4n) is 2.22. The first kappa shape index (κ1) is 13.9. The second-order valence-corrected chi connectivity index (χ2v) is 4.72. The van der Waals surface area contributed by atoms with Gasteiger partial charge in [-0.25, -0.2) is 4.39 Å². The maximum absolute atomic E-state index is 13.7. The van der Waals surface area contributed by atoms with Crippen molar-refractivity contribution in [2.45, 2.75) is 0 Å². The minimum atomic E-state index is -0.595. The van der Waals surface area contributed by atoms with Crippen molar-refractivity contribution >= 4 is 28.4 Å². The number of non-ortho nitro benzene ring substituents is 1. The highest BCUT2D eigenvalue weighted by Crippen LogP contribution is 2.24. The van der Waals surface area contributed by atoms with Crippen molar-refractivity contribution in [2.75, 3.05) is 0 Å². The predicted octanol–water partition coefficient (Wildman–Crippen LogP) is 4.64. The van der Waals surface area contributed by atoms with E-state index >= 15 is 0 Å². The number of nitrogens with zero attached hydrogens (tertiary/aromatic N) is 2. The van der Waals surface area contributed by atoms with Gasteiger partial charge in [0.25, 0.3) is 5.69 Å². The van der Waals surface area contributed by atoms with Crippen LogP contribution in [0.3, 0.4) is 0 Å². The van der Waals surface area contributed by atoms with Gasteiger partial charge in [0.05, 0.1) is 4.92 Å². The fourth-order valence-corrected chi connectivity index (χ4v) is 2.22. The van der Waals surface area contributed by atoms with Gasteiger partial charge in [-0.15, -0.1) is 0 Å². The van der Waals surface area contributed by atoms with Crippen molar-refractivity contribution in [1.29, 1.82) is 0 Å². The van der Waals surface area contributed by atoms with E-state index < -0.39 is 10.7 Å². The average molecular weight is 294 g/mol. The molecule has 0 saturated carbocycles. The predicted molar refractivity (Wildman–Crippen MR) is 84.3 cm³/mol. The van der Waals surface area contributed by atoms with Gasteiger partial charge < -0.3 is 0 Å². The molecule has 22 heavy (non-hydrogen) atoms. The van der Waals surface area contributed by atoms with Crippen LogP contribution in [-0.2, 0) is 0 Å². The molecular weight excluding hydrogens is 283 g/mol. The van der Waals surface area contributed by atoms with E-state index in [9.17, 15) is 14.5 Å². The molecule has 3 aromatic rings. The van der Waals surface area contributed by atoms with Gasteiger partial charge in [0.1, 0.15) is 11.5 Å². The molecule has 0 aliphatic rings. The molecule has 0 N–H and O–H groups in total. The summed E-state index contributed by atoms with van der Waals surface area (Å²) in [5.74, 6) is -0.595. The number of hydrogen-bond donors (Lipinski definition) is 0. The van der Waals surface area contributed by atoms with Crippen molar-refractivity contribution in [3.8, 4) is 0 Å². The molecule has 0 aromatic heterocycles. The molecule has 0 heterocycles. The second-order valence-electron chi connectivity index (χ2n) is 4.72. The average Bonchev–Trinajstić information content (AvgIpc) is 2.54. The number of aliphatic imine (C=N–C) groups is 1. The standard InChI is InChI=1S/C17H11FN2O2/c18-16-9-8-14(20(21)22)10-17(16)19-11-13-6-3-5-12-4-1-2-7-15(12)13/h1-11H. The molecule has 0 amide bonds. The molecule has 0 aliphatic carbocycles. The Labute approximate surface area is 125 Å². The van der Waals surface area contributed by atoms with E-state index in [1.165, 1.54) is 6.21 Å². The quantitative estimate of drug-likeness (QED) is 0.401. The Kier molecular flexibility index (Phi) is 3.62. The highest BCUT2D eigenvalue weighted by atomic mass is 19.1. The molecule has 0 spiro atoms. The lowest BCUT2D eigenvalue weighted by Gasteiger charge is -2.01. The monoisotopic (exact) mass is 294 g/mol. The van der Waals surface area contributed by atoms with Crippen molar-refractivity contribution < 1.29 is 9.31 Å². The Balaban J connectivity index is 2.03. The van der Waals surface area contributed by atoms with Crippen molar-refractivity contribution in [2.24, 2.45) is 4.99 Å². The van der Waals surface area contributed by atoms with Gasteiger partial charge in [0.15, 0.2) is 0 Å². The van der Waals surface area contributed by atoms with E-state index in [2.05, 4.69) is 4.99 Å². The largest absolute Gasteiger partial charge is 0.271 e. The van der Waals surface area contributed by atoms with Gasteiger partial charge in [-0.1, -0.05) is 42.5 Å². The van der Waals surface area contributed by atoms with Crippen molar-refractivity contribution in [1.82, 2.24) is 0 Å². The number of nitro benzene ring substituents is 1. The third kappa shape index (κ3) is 2.69. The normalized spacial score (nSPS) is 11.1. The molecule has 3 aromatic carbocycles. The van der Waals surface area contributed by atoms with Crippen LogP contribution in [0.1, 0.15) is 5.56 Å². The third-order valence-corrected chi connectivity index (χ3v) is 3.31. The molecule has 3 rings (SSSR count). The Morgan fingerprint density at radius 1 is 1.05 bits per heavy atom. The maximum atomic E-state index is 13.7. The Morgan fingerprint density at radius 3 is 2.64 bits per heavy atom. The highest BCUT2D eigenvalue weighted by Gasteiger charge is 2.09. The van der Waals surface area contributed by atoms with Crippen LogP contribution in [0, 0.1) is 15.9 Å². The van der Waals surface area contributed by atoms with Gasteiger partial charge >= 0.3 is 0 Å². The molecule has 0 aliphatic heterocycles. The lowest BCUT2D eigenvalue weighted by molar-refractivity contribution is -0.384. The van der Waals surface area contributed by atoms with Gasteiger partial charge in [-0.3, -0.25) is 15.1 Å². The number of benzene rings is 3. The molecule has 0 atom stereocenters. The van der Waals surface area contributed by atoms with Crippen LogP contribution in [0.2, 0.25) is 0 Å². The summed E-state index contributed by atoms with van der Waals surface area (Å²) < 4.78 is 13.7. The molecule has 108 valence electrons. The first-order valence-corrected chi connectivity index (χ1v) is 6.61. The van der Waals surface area contributed by atoms with E-state index in [0.717, 1.165) is 34.5 Å². The first-order valence-electron chi connectivity index (χ1n) is 6.61. The van der Waals surface area contributed by atoms with Crippen molar-refractivity contribution in [3.63, 3.8) is 0 Å². The van der Waals surface area contributed by atoms with Crippen LogP contribution in [0.15, 0.2) is 65.7 Å². The van der Waals surface area contributed by atoms with Crippen LogP contribution >= 0.6 is 0 Å². The molecular formula is C17H11FN2O2. The zero-order chi connectivity index (χ0) is 15.5. The van der Waals surface area contributed by atoms with Crippen molar-refractivity contribution in [3.05, 3.63) is 82.2 Å². The zero-order valence-electron chi connectivity index (χ0n) is 11.4. The highest BCUT2D eigenvalue weighted by molar-refractivity contribution is 6.00. The Morgan fingerprint density at radius 2 is 1.82 bits per heavy atom. The molecule has 5 heteroatoms. The van der Waals surface area contributed by atoms with E-state index in [4.69, 9.17) is 0 Å². The van der Waals surface area contributed by atoms with Crippen LogP contribution in [-0.4, -0.2) is 11.1 Å². The summed E-state index contributed by atoms with van der Waals surface area (Å²) in [7, 11) is 0. The van der Waals surface area contributed by atoms with E-state index in [-0.39, 0.29) is 11.4 Å². The van der Waals surface area contributed by atoms with Gasteiger partial charge in [-0.05, 0) is 16.8 Å². The molecule has 0 unspecified atom stereocenters. The second kappa shape index (κ2) is 5.73. The summed E-state index contributed by atoms with van der Waals surface area (Å²) in [6.07, 6.45) is 1.52. The summed E-state index contributed by atoms with van der Waals surface area (Å²) in [5.41, 5.74) is 0.581. The van der Waals surface area contributed by atoms with E-state index in [0.29, 0.717) is 0 Å². The zero-order valence-corrected chi connectivity index (χ0v) is 11.4. The van der Waals surface area contributed by atoms with Crippen LogP contribution in [0.25, 0.3) is 10.8 Å². The minimum absolute atomic E-state index is 0.0536.